The summed E-state index contributed by atoms with van der Waals surface area (Å²) in [6, 6.07) is 0. The second-order valence-corrected chi connectivity index (χ2v) is 1.05. The first-order valence-corrected chi connectivity index (χ1v) is 1.75. The number of hydrogen-bond donors (Lipinski definition) is 1. The number of methoxy groups -OCH3 is 1. The molecule has 0 aromatic rings. The van der Waals surface area contributed by atoms with E-state index in [4.69, 9.17) is 0 Å². The van der Waals surface area contributed by atoms with Gasteiger partial charge >= 0.3 is 6.11 Å². The van der Waals surface area contributed by atoms with Crippen molar-refractivity contribution in [3.8, 4) is 0 Å². The molecule has 0 aromatic heterocycles. The van der Waals surface area contributed by atoms with Gasteiger partial charge < -0.3 is 10.5 Å². The number of nitrogens with two attached hydrogens (primary N) is 1. The van der Waals surface area contributed by atoms with E-state index in [1.54, 1.807) is 0 Å². The molecule has 0 unspecified atom stereocenters. The molecule has 0 radical (unpaired) electrons. The maximum Gasteiger partial charge on any atom is 0.367 e. The molecule has 0 saturated carbocycles. The molecule has 44 valence electrons. The summed E-state index contributed by atoms with van der Waals surface area (Å²) in [6.07, 6.45) is -3.14. The molecule has 0 aliphatic carbocycles. The molecule has 0 atom stereocenters. The Bertz CT molecular complexity index is 50.9. The van der Waals surface area contributed by atoms with Crippen LogP contribution >= 0.6 is 0 Å². The summed E-state index contributed by atoms with van der Waals surface area (Å²) in [5.41, 5.74) is 4.54. The monoisotopic (exact) mass is 111 g/mol. The van der Waals surface area contributed by atoms with Gasteiger partial charge in [0.2, 0.25) is 0 Å². The highest BCUT2D eigenvalue weighted by Crippen LogP contribution is 2.09. The van der Waals surface area contributed by atoms with Crippen LogP contribution < -0.4 is 5.73 Å². The van der Waals surface area contributed by atoms with Gasteiger partial charge in [0.25, 0.3) is 0 Å². The van der Waals surface area contributed by atoms with Crippen molar-refractivity contribution in [3.05, 3.63) is 0 Å². The third-order valence-electron chi connectivity index (χ3n) is 0.536. The standard InChI is InChI=1S/C3H7F2NO/c1-7-3(4,5)2-6/h2,6H2,1H3. The van der Waals surface area contributed by atoms with Crippen molar-refractivity contribution in [3.63, 3.8) is 0 Å². The summed E-state index contributed by atoms with van der Waals surface area (Å²) >= 11 is 0. The summed E-state index contributed by atoms with van der Waals surface area (Å²) in [6.45, 7) is -0.760. The molecule has 0 aliphatic rings. The molecule has 0 bridgehead atoms. The Hall–Kier alpha value is -0.220. The van der Waals surface area contributed by atoms with Crippen molar-refractivity contribution in [2.75, 3.05) is 13.7 Å². The molecule has 4 heteroatoms. The van der Waals surface area contributed by atoms with Crippen LogP contribution in [-0.2, 0) is 4.74 Å². The zero-order valence-corrected chi connectivity index (χ0v) is 3.95. The van der Waals surface area contributed by atoms with Gasteiger partial charge in [-0.2, -0.15) is 8.78 Å². The van der Waals surface area contributed by atoms with Crippen molar-refractivity contribution in [1.82, 2.24) is 0 Å². The summed E-state index contributed by atoms with van der Waals surface area (Å²) in [5.74, 6) is 0. The molecule has 0 aromatic carbocycles. The van der Waals surface area contributed by atoms with Crippen LogP contribution in [0.4, 0.5) is 8.78 Å². The van der Waals surface area contributed by atoms with Crippen LogP contribution in [0.5, 0.6) is 0 Å². The van der Waals surface area contributed by atoms with E-state index in [0.717, 1.165) is 7.11 Å². The number of hydrogen-bond acceptors (Lipinski definition) is 2. The fourth-order valence-electron chi connectivity index (χ4n) is 0.0833. The molecule has 0 rings (SSSR count). The zero-order chi connectivity index (χ0) is 5.91. The van der Waals surface area contributed by atoms with Gasteiger partial charge in [-0.05, 0) is 0 Å². The molecule has 0 aliphatic heterocycles. The number of alkyl halides is 2. The van der Waals surface area contributed by atoms with Crippen molar-refractivity contribution < 1.29 is 13.5 Å². The van der Waals surface area contributed by atoms with Crippen LogP contribution in [0.2, 0.25) is 0 Å². The molecule has 7 heavy (non-hydrogen) atoms. The van der Waals surface area contributed by atoms with E-state index in [1.807, 2.05) is 0 Å². The highest BCUT2D eigenvalue weighted by Gasteiger charge is 2.24. The third-order valence-corrected chi connectivity index (χ3v) is 0.536. The Morgan fingerprint density at radius 2 is 2.14 bits per heavy atom. The predicted octanol–water partition coefficient (Wildman–Crippen LogP) is 0.184. The Balaban J connectivity index is 3.36. The Morgan fingerprint density at radius 3 is 2.14 bits per heavy atom. The van der Waals surface area contributed by atoms with Crippen molar-refractivity contribution in [1.29, 1.82) is 0 Å². The minimum absolute atomic E-state index is 0.760. The number of rotatable bonds is 2. The van der Waals surface area contributed by atoms with Gasteiger partial charge in [0, 0.05) is 7.11 Å². The van der Waals surface area contributed by atoms with Gasteiger partial charge in [-0.15, -0.1) is 0 Å². The van der Waals surface area contributed by atoms with Crippen LogP contribution in [0.3, 0.4) is 0 Å². The maximum atomic E-state index is 11.5. The van der Waals surface area contributed by atoms with Crippen molar-refractivity contribution >= 4 is 0 Å². The normalized spacial score (nSPS) is 12.0. The van der Waals surface area contributed by atoms with Gasteiger partial charge in [0.05, 0.1) is 6.54 Å². The Labute approximate surface area is 40.3 Å². The van der Waals surface area contributed by atoms with E-state index in [0.29, 0.717) is 0 Å². The summed E-state index contributed by atoms with van der Waals surface area (Å²) in [4.78, 5) is 0. The van der Waals surface area contributed by atoms with Crippen LogP contribution in [0.25, 0.3) is 0 Å². The molecule has 0 fully saturated rings. The van der Waals surface area contributed by atoms with E-state index in [2.05, 4.69) is 10.5 Å². The van der Waals surface area contributed by atoms with E-state index in [-0.39, 0.29) is 0 Å². The molecule has 2 N–H and O–H groups in total. The van der Waals surface area contributed by atoms with Gasteiger partial charge in [0.15, 0.2) is 0 Å². The smallest absolute Gasteiger partial charge is 0.323 e. The third kappa shape index (κ3) is 2.47. The highest BCUT2D eigenvalue weighted by molar-refractivity contribution is 4.47. The Morgan fingerprint density at radius 1 is 1.71 bits per heavy atom. The first-order valence-electron chi connectivity index (χ1n) is 1.75. The molecular formula is C3H7F2NO. The lowest BCUT2D eigenvalue weighted by molar-refractivity contribution is -0.212. The van der Waals surface area contributed by atoms with Gasteiger partial charge in [-0.3, -0.25) is 0 Å². The average molecular weight is 111 g/mol. The topological polar surface area (TPSA) is 35.2 Å². The zero-order valence-electron chi connectivity index (χ0n) is 3.95. The summed E-state index contributed by atoms with van der Waals surface area (Å²) in [7, 11) is 0.910. The van der Waals surface area contributed by atoms with Crippen LogP contribution in [0.1, 0.15) is 0 Å². The molecule has 0 saturated heterocycles. The first-order chi connectivity index (χ1) is 3.12. The molecule has 0 heterocycles. The lowest BCUT2D eigenvalue weighted by Crippen LogP contribution is -2.29. The van der Waals surface area contributed by atoms with Gasteiger partial charge in [-0.25, -0.2) is 0 Å². The van der Waals surface area contributed by atoms with E-state index in [1.165, 1.54) is 0 Å². The average Bonchev–Trinajstić information content (AvgIpc) is 1.68. The quantitative estimate of drug-likeness (QED) is 0.551. The van der Waals surface area contributed by atoms with E-state index >= 15 is 0 Å². The minimum Gasteiger partial charge on any atom is -0.323 e. The van der Waals surface area contributed by atoms with E-state index in [9.17, 15) is 8.78 Å². The Kier molecular flexibility index (Phi) is 2.11. The van der Waals surface area contributed by atoms with Crippen LogP contribution in [0.15, 0.2) is 0 Å². The maximum absolute atomic E-state index is 11.5. The van der Waals surface area contributed by atoms with E-state index < -0.39 is 12.7 Å². The van der Waals surface area contributed by atoms with Crippen LogP contribution in [-0.4, -0.2) is 19.8 Å². The lowest BCUT2D eigenvalue weighted by Gasteiger charge is -2.08. The SMILES string of the molecule is COC(F)(F)CN. The summed E-state index contributed by atoms with van der Waals surface area (Å²) in [5, 5.41) is 0. The minimum atomic E-state index is -3.14. The largest absolute Gasteiger partial charge is 0.367 e. The highest BCUT2D eigenvalue weighted by atomic mass is 19.3. The number of halogens is 2. The second kappa shape index (κ2) is 2.18. The van der Waals surface area contributed by atoms with Gasteiger partial charge in [0.1, 0.15) is 0 Å². The second-order valence-electron chi connectivity index (χ2n) is 1.05. The molecule has 0 spiro atoms. The lowest BCUT2D eigenvalue weighted by atomic mass is 10.6. The first kappa shape index (κ1) is 6.78. The fraction of sp³-hybridized carbons (Fsp3) is 1.00. The fourth-order valence-corrected chi connectivity index (χ4v) is 0.0833. The molecule has 2 nitrogen and oxygen atoms in total. The van der Waals surface area contributed by atoms with Crippen LogP contribution in [0, 0.1) is 0 Å². The molecular weight excluding hydrogens is 104 g/mol. The van der Waals surface area contributed by atoms with Gasteiger partial charge in [-0.1, -0.05) is 0 Å². The summed E-state index contributed by atoms with van der Waals surface area (Å²) < 4.78 is 26.7. The predicted molar refractivity (Wildman–Crippen MR) is 21.0 cm³/mol. The number of ether oxygens (including phenoxy) is 1. The van der Waals surface area contributed by atoms with Crippen molar-refractivity contribution in [2.24, 2.45) is 5.73 Å². The molecule has 0 amide bonds. The van der Waals surface area contributed by atoms with Crippen molar-refractivity contribution in [2.45, 2.75) is 6.11 Å².